The van der Waals surface area contributed by atoms with Crippen molar-refractivity contribution in [1.82, 2.24) is 19.7 Å². The number of hydrogen-bond donors (Lipinski definition) is 0. The summed E-state index contributed by atoms with van der Waals surface area (Å²) >= 11 is 0. The van der Waals surface area contributed by atoms with Gasteiger partial charge in [0.25, 0.3) is 0 Å². The summed E-state index contributed by atoms with van der Waals surface area (Å²) in [7, 11) is 0. The van der Waals surface area contributed by atoms with Gasteiger partial charge in [0.1, 0.15) is 12.1 Å². The van der Waals surface area contributed by atoms with Gasteiger partial charge in [-0.15, -0.1) is 0 Å². The number of carbonyl (C=O) groups excluding carboxylic acids is 1. The van der Waals surface area contributed by atoms with Crippen LogP contribution < -0.4 is 9.80 Å². The Balaban J connectivity index is 1.36. The smallest absolute Gasteiger partial charge is 0.356 e. The van der Waals surface area contributed by atoms with E-state index >= 15 is 0 Å². The predicted molar refractivity (Wildman–Crippen MR) is 116 cm³/mol. The largest absolute Gasteiger partial charge is 0.419 e. The average Bonchev–Trinajstić information content (AvgIpc) is 3.33. The summed E-state index contributed by atoms with van der Waals surface area (Å²) in [6.45, 7) is 1.02. The monoisotopic (exact) mass is 492 g/mol. The number of nitrogens with zero attached hydrogens (tertiary/aromatic N) is 6. The van der Waals surface area contributed by atoms with Crippen LogP contribution in [0, 0.1) is 11.6 Å². The van der Waals surface area contributed by atoms with Crippen molar-refractivity contribution in [2.75, 3.05) is 22.9 Å². The molecule has 3 aromatic rings. The lowest BCUT2D eigenvalue weighted by Crippen LogP contribution is -2.60. The van der Waals surface area contributed by atoms with Gasteiger partial charge in [0.05, 0.1) is 17.3 Å². The number of aromatic nitrogens is 4. The molecular weight excluding hydrogens is 471 g/mol. The summed E-state index contributed by atoms with van der Waals surface area (Å²) in [5.74, 6) is -1.38. The van der Waals surface area contributed by atoms with Crippen molar-refractivity contribution in [2.24, 2.45) is 0 Å². The third-order valence-corrected chi connectivity index (χ3v) is 6.72. The first kappa shape index (κ1) is 23.2. The quantitative estimate of drug-likeness (QED) is 0.504. The second kappa shape index (κ2) is 8.58. The van der Waals surface area contributed by atoms with Crippen LogP contribution in [-0.2, 0) is 11.0 Å². The average molecular weight is 492 g/mol. The number of halogens is 5. The summed E-state index contributed by atoms with van der Waals surface area (Å²) in [6, 6.07) is 5.07. The summed E-state index contributed by atoms with van der Waals surface area (Å²) < 4.78 is 67.2. The summed E-state index contributed by atoms with van der Waals surface area (Å²) in [5.41, 5.74) is -1.07. The van der Waals surface area contributed by atoms with Crippen molar-refractivity contribution in [3.63, 3.8) is 0 Å². The Bertz CT molecular complexity index is 1250. The molecule has 2 aromatic heterocycles. The Kier molecular flexibility index (Phi) is 5.68. The number of benzene rings is 1. The minimum Gasteiger partial charge on any atom is -0.356 e. The molecule has 0 N–H and O–H groups in total. The van der Waals surface area contributed by atoms with Crippen molar-refractivity contribution < 1.29 is 26.7 Å². The Morgan fingerprint density at radius 2 is 1.69 bits per heavy atom. The maximum atomic E-state index is 13.9. The first-order valence-electron chi connectivity index (χ1n) is 11.1. The first-order chi connectivity index (χ1) is 16.7. The topological polar surface area (TPSA) is 67.2 Å². The molecule has 7 nitrogen and oxygen atoms in total. The number of hydrogen-bond acceptors (Lipinski definition) is 5. The number of anilines is 2. The van der Waals surface area contributed by atoms with E-state index in [1.807, 2.05) is 4.90 Å². The molecule has 35 heavy (non-hydrogen) atoms. The maximum Gasteiger partial charge on any atom is 0.419 e. The van der Waals surface area contributed by atoms with E-state index in [1.165, 1.54) is 12.4 Å². The van der Waals surface area contributed by atoms with Crippen LogP contribution in [0.15, 0.2) is 43.0 Å². The Hall–Kier alpha value is -3.57. The molecular formula is C23H21F5N6O. The standard InChI is InChI=1S/C23H21F5N6O/c24-17-4-3-16(10-18(17)25)34-21(35)2-1-5-22(34)6-8-32(9-7-22)19-11-20(30-14-29-19)33-13-15(12-31-33)23(26,27)28/h3-4,10-14H,1-2,5-9H2. The predicted octanol–water partition coefficient (Wildman–Crippen LogP) is 4.52. The molecule has 5 rings (SSSR count). The van der Waals surface area contributed by atoms with Crippen LogP contribution >= 0.6 is 0 Å². The molecule has 0 radical (unpaired) electrons. The van der Waals surface area contributed by atoms with Crippen molar-refractivity contribution in [3.8, 4) is 5.82 Å². The highest BCUT2D eigenvalue weighted by Crippen LogP contribution is 2.42. The minimum atomic E-state index is -4.51. The molecule has 0 bridgehead atoms. The molecule has 12 heteroatoms. The Morgan fingerprint density at radius 1 is 0.943 bits per heavy atom. The molecule has 184 valence electrons. The molecule has 2 fully saturated rings. The molecule has 1 spiro atoms. The normalized spacial score (nSPS) is 18.4. The van der Waals surface area contributed by atoms with E-state index in [4.69, 9.17) is 0 Å². The van der Waals surface area contributed by atoms with Crippen molar-refractivity contribution in [3.05, 3.63) is 60.2 Å². The molecule has 0 saturated carbocycles. The SMILES string of the molecule is O=C1CCCC2(CCN(c3cc(-n4cc(C(F)(F)F)cn4)ncn3)CC2)N1c1ccc(F)c(F)c1. The molecule has 1 amide bonds. The van der Waals surface area contributed by atoms with Crippen LogP contribution in [0.2, 0.25) is 0 Å². The van der Waals surface area contributed by atoms with Gasteiger partial charge in [-0.25, -0.2) is 23.4 Å². The van der Waals surface area contributed by atoms with Crippen LogP contribution in [0.1, 0.15) is 37.7 Å². The molecule has 4 heterocycles. The third-order valence-electron chi connectivity index (χ3n) is 6.72. The molecule has 0 aliphatic carbocycles. The zero-order valence-electron chi connectivity index (χ0n) is 18.5. The second-order valence-corrected chi connectivity index (χ2v) is 8.80. The zero-order valence-corrected chi connectivity index (χ0v) is 18.5. The van der Waals surface area contributed by atoms with E-state index in [2.05, 4.69) is 15.1 Å². The molecule has 2 aliphatic rings. The van der Waals surface area contributed by atoms with Gasteiger partial charge >= 0.3 is 6.18 Å². The Morgan fingerprint density at radius 3 is 2.37 bits per heavy atom. The van der Waals surface area contributed by atoms with Gasteiger partial charge in [0.15, 0.2) is 17.5 Å². The lowest BCUT2D eigenvalue weighted by molar-refractivity contribution is -0.137. The lowest BCUT2D eigenvalue weighted by Gasteiger charge is -2.51. The van der Waals surface area contributed by atoms with Crippen molar-refractivity contribution in [2.45, 2.75) is 43.8 Å². The zero-order chi connectivity index (χ0) is 24.8. The van der Waals surface area contributed by atoms with E-state index in [-0.39, 0.29) is 11.7 Å². The second-order valence-electron chi connectivity index (χ2n) is 8.80. The fraction of sp³-hybridized carbons (Fsp3) is 0.391. The maximum absolute atomic E-state index is 13.9. The lowest BCUT2D eigenvalue weighted by atomic mass is 9.78. The fourth-order valence-electron chi connectivity index (χ4n) is 4.95. The van der Waals surface area contributed by atoms with E-state index in [1.54, 1.807) is 11.0 Å². The highest BCUT2D eigenvalue weighted by Gasteiger charge is 2.45. The van der Waals surface area contributed by atoms with Gasteiger partial charge in [-0.05, 0) is 37.8 Å². The molecule has 0 unspecified atom stereocenters. The third kappa shape index (κ3) is 4.32. The molecule has 2 saturated heterocycles. The fourth-order valence-corrected chi connectivity index (χ4v) is 4.95. The van der Waals surface area contributed by atoms with Crippen LogP contribution in [0.25, 0.3) is 5.82 Å². The highest BCUT2D eigenvalue weighted by atomic mass is 19.4. The van der Waals surface area contributed by atoms with Gasteiger partial charge in [-0.3, -0.25) is 4.79 Å². The molecule has 0 atom stereocenters. The summed E-state index contributed by atoms with van der Waals surface area (Å²) in [4.78, 5) is 24.8. The van der Waals surface area contributed by atoms with E-state index in [0.29, 0.717) is 50.3 Å². The van der Waals surface area contributed by atoms with Crippen LogP contribution in [0.5, 0.6) is 0 Å². The van der Waals surface area contributed by atoms with Crippen LogP contribution in [0.4, 0.5) is 33.5 Å². The number of carbonyl (C=O) groups is 1. The summed E-state index contributed by atoms with van der Waals surface area (Å²) in [6.07, 6.45) is 1.26. The Labute approximate surface area is 197 Å². The highest BCUT2D eigenvalue weighted by molar-refractivity contribution is 5.95. The van der Waals surface area contributed by atoms with Crippen molar-refractivity contribution >= 4 is 17.4 Å². The van der Waals surface area contributed by atoms with Gasteiger partial charge in [-0.1, -0.05) is 0 Å². The van der Waals surface area contributed by atoms with E-state index in [9.17, 15) is 26.7 Å². The van der Waals surface area contributed by atoms with Gasteiger partial charge in [-0.2, -0.15) is 18.3 Å². The van der Waals surface area contributed by atoms with Crippen LogP contribution in [0.3, 0.4) is 0 Å². The van der Waals surface area contributed by atoms with Crippen LogP contribution in [-0.4, -0.2) is 44.3 Å². The summed E-state index contributed by atoms with van der Waals surface area (Å²) in [5, 5.41) is 3.76. The number of piperidine rings is 2. The number of amides is 1. The van der Waals surface area contributed by atoms with E-state index in [0.717, 1.165) is 35.6 Å². The van der Waals surface area contributed by atoms with E-state index < -0.39 is 28.9 Å². The minimum absolute atomic E-state index is 0.126. The van der Waals surface area contributed by atoms with Crippen molar-refractivity contribution in [1.29, 1.82) is 0 Å². The van der Waals surface area contributed by atoms with Gasteiger partial charge < -0.3 is 9.80 Å². The van der Waals surface area contributed by atoms with Gasteiger partial charge in [0, 0.05) is 43.5 Å². The number of alkyl halides is 3. The molecule has 1 aromatic carbocycles. The first-order valence-corrected chi connectivity index (χ1v) is 11.1. The number of rotatable bonds is 3. The van der Waals surface area contributed by atoms with Gasteiger partial charge in [0.2, 0.25) is 5.91 Å². The molecule has 2 aliphatic heterocycles.